The minimum atomic E-state index is 0.0666. The molecule has 114 valence electrons. The molecule has 1 spiro atoms. The second-order valence-electron chi connectivity index (χ2n) is 6.39. The van der Waals surface area contributed by atoms with Gasteiger partial charge in [-0.2, -0.15) is 0 Å². The van der Waals surface area contributed by atoms with Gasteiger partial charge in [-0.05, 0) is 30.4 Å². The normalized spacial score (nSPS) is 29.2. The van der Waals surface area contributed by atoms with E-state index in [0.29, 0.717) is 0 Å². The van der Waals surface area contributed by atoms with Crippen molar-refractivity contribution in [3.05, 3.63) is 34.9 Å². The molecule has 2 N–H and O–H groups in total. The molecule has 0 amide bonds. The van der Waals surface area contributed by atoms with Gasteiger partial charge in [0.1, 0.15) is 5.84 Å². The number of hydrogen-bond acceptors (Lipinski definition) is 3. The summed E-state index contributed by atoms with van der Waals surface area (Å²) in [5, 5.41) is 8.12. The number of amidine groups is 1. The number of nitrogens with one attached hydrogen (secondary N) is 2. The van der Waals surface area contributed by atoms with E-state index in [1.807, 2.05) is 18.2 Å². The number of nitrogens with zero attached hydrogens (tertiary/aromatic N) is 1. The molecule has 1 heterocycles. The first-order chi connectivity index (χ1) is 10.2. The largest absolute Gasteiger partial charge is 0.368 e. The van der Waals surface area contributed by atoms with Crippen LogP contribution in [0.15, 0.2) is 29.3 Å². The van der Waals surface area contributed by atoms with Crippen molar-refractivity contribution >= 4 is 17.4 Å². The number of hydrogen-bond donors (Lipinski definition) is 2. The summed E-state index contributed by atoms with van der Waals surface area (Å²) in [6.07, 6.45) is 4.98. The second-order valence-corrected chi connectivity index (χ2v) is 6.79. The molecule has 3 rings (SSSR count). The summed E-state index contributed by atoms with van der Waals surface area (Å²) in [7, 11) is 0. The number of halogens is 1. The highest BCUT2D eigenvalue weighted by Crippen LogP contribution is 2.34. The second kappa shape index (κ2) is 6.37. The molecule has 1 aromatic rings. The van der Waals surface area contributed by atoms with Crippen LogP contribution in [0.5, 0.6) is 0 Å². The van der Waals surface area contributed by atoms with Crippen molar-refractivity contribution in [2.24, 2.45) is 10.9 Å². The molecule has 1 aliphatic heterocycles. The molecule has 0 saturated heterocycles. The summed E-state index contributed by atoms with van der Waals surface area (Å²) in [4.78, 5) is 4.79. The van der Waals surface area contributed by atoms with Gasteiger partial charge in [-0.15, -0.1) is 0 Å². The van der Waals surface area contributed by atoms with E-state index in [-0.39, 0.29) is 5.54 Å². The van der Waals surface area contributed by atoms with Crippen LogP contribution in [0, 0.1) is 5.92 Å². The minimum Gasteiger partial charge on any atom is -0.368 e. The van der Waals surface area contributed by atoms with Crippen LogP contribution in [0.4, 0.5) is 0 Å². The summed E-state index contributed by atoms with van der Waals surface area (Å²) in [6.45, 7) is 4.95. The SMILES string of the molecule is CC1CCCC2(C1)NCCN=C2NCc1ccccc1Cl. The van der Waals surface area contributed by atoms with Crippen molar-refractivity contribution in [2.75, 3.05) is 13.1 Å². The smallest absolute Gasteiger partial charge is 0.117 e. The Hall–Kier alpha value is -1.06. The Morgan fingerprint density at radius 1 is 1.43 bits per heavy atom. The zero-order valence-electron chi connectivity index (χ0n) is 12.7. The fourth-order valence-electron chi connectivity index (χ4n) is 3.67. The van der Waals surface area contributed by atoms with Crippen molar-refractivity contribution in [1.29, 1.82) is 0 Å². The van der Waals surface area contributed by atoms with Gasteiger partial charge in [0.25, 0.3) is 0 Å². The Morgan fingerprint density at radius 3 is 3.10 bits per heavy atom. The third-order valence-electron chi connectivity index (χ3n) is 4.70. The first kappa shape index (κ1) is 14.9. The lowest BCUT2D eigenvalue weighted by Gasteiger charge is -2.44. The lowest BCUT2D eigenvalue weighted by atomic mass is 9.75. The van der Waals surface area contributed by atoms with Gasteiger partial charge in [-0.1, -0.05) is 49.6 Å². The molecule has 3 nitrogen and oxygen atoms in total. The molecule has 1 aliphatic carbocycles. The van der Waals surface area contributed by atoms with E-state index in [1.54, 1.807) is 0 Å². The maximum absolute atomic E-state index is 6.25. The Bertz CT molecular complexity index is 529. The fraction of sp³-hybridized carbons (Fsp3) is 0.588. The Kier molecular flexibility index (Phi) is 4.51. The van der Waals surface area contributed by atoms with E-state index in [9.17, 15) is 0 Å². The molecule has 0 radical (unpaired) electrons. The van der Waals surface area contributed by atoms with Gasteiger partial charge in [-0.25, -0.2) is 0 Å². The Morgan fingerprint density at radius 2 is 2.29 bits per heavy atom. The average molecular weight is 306 g/mol. The lowest BCUT2D eigenvalue weighted by molar-refractivity contribution is 0.243. The van der Waals surface area contributed by atoms with Gasteiger partial charge in [0.05, 0.1) is 12.1 Å². The topological polar surface area (TPSA) is 36.4 Å². The zero-order valence-corrected chi connectivity index (χ0v) is 13.4. The van der Waals surface area contributed by atoms with E-state index in [4.69, 9.17) is 16.6 Å². The molecule has 2 unspecified atom stereocenters. The van der Waals surface area contributed by atoms with E-state index >= 15 is 0 Å². The highest BCUT2D eigenvalue weighted by molar-refractivity contribution is 6.31. The van der Waals surface area contributed by atoms with Gasteiger partial charge in [-0.3, -0.25) is 4.99 Å². The zero-order chi connectivity index (χ0) is 14.7. The number of benzene rings is 1. The minimum absolute atomic E-state index is 0.0666. The first-order valence-electron chi connectivity index (χ1n) is 7.97. The lowest BCUT2D eigenvalue weighted by Crippen LogP contribution is -2.61. The molecular weight excluding hydrogens is 282 g/mol. The van der Waals surface area contributed by atoms with E-state index < -0.39 is 0 Å². The summed E-state index contributed by atoms with van der Waals surface area (Å²) in [5.74, 6) is 1.90. The highest BCUT2D eigenvalue weighted by atomic mass is 35.5. The number of aliphatic imine (C=N–C) groups is 1. The summed E-state index contributed by atoms with van der Waals surface area (Å²) in [5.41, 5.74) is 1.20. The van der Waals surface area contributed by atoms with Crippen molar-refractivity contribution in [2.45, 2.75) is 44.7 Å². The molecule has 1 aromatic carbocycles. The maximum atomic E-state index is 6.25. The van der Waals surface area contributed by atoms with Crippen LogP contribution in [0.3, 0.4) is 0 Å². The average Bonchev–Trinajstić information content (AvgIpc) is 2.48. The van der Waals surface area contributed by atoms with Crippen LogP contribution < -0.4 is 10.6 Å². The molecule has 1 fully saturated rings. The molecule has 0 bridgehead atoms. The number of rotatable bonds is 2. The molecule has 21 heavy (non-hydrogen) atoms. The van der Waals surface area contributed by atoms with Crippen molar-refractivity contribution in [1.82, 2.24) is 10.6 Å². The van der Waals surface area contributed by atoms with Gasteiger partial charge in [0.2, 0.25) is 0 Å². The monoisotopic (exact) mass is 305 g/mol. The summed E-state index contributed by atoms with van der Waals surface area (Å²) >= 11 is 6.25. The summed E-state index contributed by atoms with van der Waals surface area (Å²) in [6, 6.07) is 8.01. The molecule has 1 saturated carbocycles. The van der Waals surface area contributed by atoms with E-state index in [2.05, 4.69) is 23.6 Å². The van der Waals surface area contributed by atoms with Crippen LogP contribution in [-0.2, 0) is 6.54 Å². The van der Waals surface area contributed by atoms with E-state index in [1.165, 1.54) is 25.7 Å². The quantitative estimate of drug-likeness (QED) is 0.879. The predicted molar refractivity (Wildman–Crippen MR) is 89.0 cm³/mol. The first-order valence-corrected chi connectivity index (χ1v) is 8.35. The molecule has 2 aliphatic rings. The van der Waals surface area contributed by atoms with Crippen molar-refractivity contribution < 1.29 is 0 Å². The van der Waals surface area contributed by atoms with E-state index in [0.717, 1.165) is 42.0 Å². The van der Waals surface area contributed by atoms with Crippen molar-refractivity contribution in [3.63, 3.8) is 0 Å². The van der Waals surface area contributed by atoms with Crippen LogP contribution in [-0.4, -0.2) is 24.5 Å². The van der Waals surface area contributed by atoms with Crippen LogP contribution in [0.1, 0.15) is 38.2 Å². The fourth-order valence-corrected chi connectivity index (χ4v) is 3.87. The van der Waals surface area contributed by atoms with Crippen LogP contribution >= 0.6 is 11.6 Å². The van der Waals surface area contributed by atoms with Gasteiger partial charge in [0, 0.05) is 18.1 Å². The van der Waals surface area contributed by atoms with Crippen molar-refractivity contribution in [3.8, 4) is 0 Å². The maximum Gasteiger partial charge on any atom is 0.117 e. The molecular formula is C17H24ClN3. The van der Waals surface area contributed by atoms with Gasteiger partial charge < -0.3 is 10.6 Å². The molecule has 0 aromatic heterocycles. The Balaban J connectivity index is 1.73. The highest BCUT2D eigenvalue weighted by Gasteiger charge is 2.40. The molecule has 4 heteroatoms. The third-order valence-corrected chi connectivity index (χ3v) is 5.07. The van der Waals surface area contributed by atoms with Crippen LogP contribution in [0.2, 0.25) is 5.02 Å². The van der Waals surface area contributed by atoms with Gasteiger partial charge >= 0.3 is 0 Å². The summed E-state index contributed by atoms with van der Waals surface area (Å²) < 4.78 is 0. The van der Waals surface area contributed by atoms with Crippen LogP contribution in [0.25, 0.3) is 0 Å². The predicted octanol–water partition coefficient (Wildman–Crippen LogP) is 3.38. The standard InChI is InChI=1S/C17H24ClN3/c1-13-5-4-8-17(11-13)16(19-9-10-21-17)20-12-14-6-2-3-7-15(14)18/h2-3,6-7,13,21H,4-5,8-12H2,1H3,(H,19,20). The van der Waals surface area contributed by atoms with Gasteiger partial charge in [0.15, 0.2) is 0 Å². The molecule has 2 atom stereocenters. The Labute approximate surface area is 132 Å². The third kappa shape index (κ3) is 3.24.